The van der Waals surface area contributed by atoms with E-state index in [1.807, 2.05) is 18.2 Å². The smallest absolute Gasteiger partial charge is 0.254 e. The summed E-state index contributed by atoms with van der Waals surface area (Å²) in [5.74, 6) is 1.18. The highest BCUT2D eigenvalue weighted by molar-refractivity contribution is 7.89. The van der Waals surface area contributed by atoms with E-state index in [2.05, 4.69) is 0 Å². The van der Waals surface area contributed by atoms with Crippen LogP contribution in [-0.2, 0) is 10.0 Å². The van der Waals surface area contributed by atoms with Crippen molar-refractivity contribution in [2.75, 3.05) is 32.8 Å². The van der Waals surface area contributed by atoms with Gasteiger partial charge in [-0.2, -0.15) is 4.31 Å². The largest absolute Gasteiger partial charge is 0.486 e. The Morgan fingerprint density at radius 1 is 1.09 bits per heavy atom. The molecule has 0 bridgehead atoms. The molecular weight excluding hydrogens is 452 g/mol. The molecule has 0 N–H and O–H groups in total. The minimum absolute atomic E-state index is 0.0382. The number of halogens is 1. The molecule has 172 valence electrons. The predicted molar refractivity (Wildman–Crippen MR) is 122 cm³/mol. The van der Waals surface area contributed by atoms with Crippen LogP contribution in [0.5, 0.6) is 11.5 Å². The van der Waals surface area contributed by atoms with Gasteiger partial charge in [0.1, 0.15) is 18.1 Å². The van der Waals surface area contributed by atoms with Crippen LogP contribution in [0.3, 0.4) is 0 Å². The molecule has 2 aromatic rings. The molecule has 7 nitrogen and oxygen atoms in total. The van der Waals surface area contributed by atoms with Gasteiger partial charge < -0.3 is 14.4 Å². The number of ether oxygens (including phenoxy) is 2. The van der Waals surface area contributed by atoms with E-state index < -0.39 is 10.0 Å². The van der Waals surface area contributed by atoms with Crippen molar-refractivity contribution in [2.24, 2.45) is 0 Å². The van der Waals surface area contributed by atoms with Crippen LogP contribution in [0.4, 0.5) is 0 Å². The second-order valence-corrected chi connectivity index (χ2v) is 10.1. The Kier molecular flexibility index (Phi) is 6.65. The molecule has 0 spiro atoms. The molecular formula is C23H27ClN2O5S. The zero-order valence-electron chi connectivity index (χ0n) is 18.2. The molecule has 0 aliphatic carbocycles. The number of nitrogens with zero attached hydrogens (tertiary/aromatic N) is 2. The summed E-state index contributed by atoms with van der Waals surface area (Å²) in [6.45, 7) is 5.81. The third kappa shape index (κ3) is 4.19. The van der Waals surface area contributed by atoms with E-state index in [4.69, 9.17) is 21.1 Å². The maximum Gasteiger partial charge on any atom is 0.254 e. The number of benzene rings is 2. The van der Waals surface area contributed by atoms with E-state index in [1.54, 1.807) is 24.8 Å². The van der Waals surface area contributed by atoms with Crippen molar-refractivity contribution in [2.45, 2.75) is 37.6 Å². The average molecular weight is 479 g/mol. The summed E-state index contributed by atoms with van der Waals surface area (Å²) in [5.41, 5.74) is 1.29. The lowest BCUT2D eigenvalue weighted by Gasteiger charge is -2.27. The van der Waals surface area contributed by atoms with Gasteiger partial charge in [0.05, 0.1) is 11.1 Å². The number of hydrogen-bond donors (Lipinski definition) is 0. The van der Waals surface area contributed by atoms with E-state index in [-0.39, 0.29) is 21.9 Å². The molecule has 2 aliphatic heterocycles. The Morgan fingerprint density at radius 3 is 2.53 bits per heavy atom. The lowest BCUT2D eigenvalue weighted by molar-refractivity contribution is 0.0735. The summed E-state index contributed by atoms with van der Waals surface area (Å²) in [7, 11) is -3.79. The average Bonchev–Trinajstić information content (AvgIpc) is 3.29. The molecule has 0 saturated carbocycles. The van der Waals surface area contributed by atoms with Crippen molar-refractivity contribution in [1.29, 1.82) is 0 Å². The first-order valence-corrected chi connectivity index (χ1v) is 12.7. The Hall–Kier alpha value is -2.29. The van der Waals surface area contributed by atoms with Crippen LogP contribution in [0.2, 0.25) is 5.02 Å². The van der Waals surface area contributed by atoms with Crippen LogP contribution in [0.25, 0.3) is 0 Å². The van der Waals surface area contributed by atoms with Gasteiger partial charge in [0.15, 0.2) is 11.5 Å². The lowest BCUT2D eigenvalue weighted by Crippen LogP contribution is -2.32. The number of sulfonamides is 1. The van der Waals surface area contributed by atoms with Crippen LogP contribution in [-0.4, -0.2) is 56.4 Å². The molecule has 0 radical (unpaired) electrons. The van der Waals surface area contributed by atoms with Crippen LogP contribution in [0.15, 0.2) is 41.3 Å². The summed E-state index contributed by atoms with van der Waals surface area (Å²) in [4.78, 5) is 15.2. The molecule has 1 unspecified atom stereocenters. The maximum absolute atomic E-state index is 13.4. The zero-order valence-corrected chi connectivity index (χ0v) is 19.8. The molecule has 2 heterocycles. The van der Waals surface area contributed by atoms with Crippen LogP contribution in [0.1, 0.15) is 48.7 Å². The van der Waals surface area contributed by atoms with Gasteiger partial charge in [0, 0.05) is 25.2 Å². The number of likely N-dealkylation sites (tertiary alicyclic amines) is 1. The molecule has 2 aromatic carbocycles. The maximum atomic E-state index is 13.4. The highest BCUT2D eigenvalue weighted by atomic mass is 35.5. The Bertz CT molecular complexity index is 1120. The Balaban J connectivity index is 1.64. The van der Waals surface area contributed by atoms with Crippen molar-refractivity contribution in [3.63, 3.8) is 0 Å². The fourth-order valence-electron chi connectivity index (χ4n) is 4.33. The number of hydrogen-bond acceptors (Lipinski definition) is 5. The number of fused-ring (bicyclic) bond motifs is 1. The number of carbonyl (C=O) groups excluding carboxylic acids is 1. The predicted octanol–water partition coefficient (Wildman–Crippen LogP) is 4.12. The Labute approximate surface area is 193 Å². The van der Waals surface area contributed by atoms with Gasteiger partial charge in [-0.3, -0.25) is 4.79 Å². The van der Waals surface area contributed by atoms with E-state index in [9.17, 15) is 13.2 Å². The van der Waals surface area contributed by atoms with Gasteiger partial charge in [-0.25, -0.2) is 8.42 Å². The van der Waals surface area contributed by atoms with Gasteiger partial charge in [0.25, 0.3) is 5.91 Å². The first kappa shape index (κ1) is 22.9. The second-order valence-electron chi connectivity index (χ2n) is 7.79. The third-order valence-corrected chi connectivity index (χ3v) is 8.50. The molecule has 9 heteroatoms. The van der Waals surface area contributed by atoms with Gasteiger partial charge in [-0.15, -0.1) is 0 Å². The summed E-state index contributed by atoms with van der Waals surface area (Å²) in [6, 6.07) is 10.1. The van der Waals surface area contributed by atoms with Crippen molar-refractivity contribution in [1.82, 2.24) is 9.21 Å². The van der Waals surface area contributed by atoms with Crippen molar-refractivity contribution >= 4 is 27.5 Å². The molecule has 1 amide bonds. The summed E-state index contributed by atoms with van der Waals surface area (Å²) < 4.78 is 38.7. The van der Waals surface area contributed by atoms with Crippen LogP contribution < -0.4 is 9.47 Å². The van der Waals surface area contributed by atoms with Gasteiger partial charge >= 0.3 is 0 Å². The third-order valence-electron chi connectivity index (χ3n) is 5.97. The Morgan fingerprint density at radius 2 is 1.81 bits per heavy atom. The molecule has 1 fully saturated rings. The highest BCUT2D eigenvalue weighted by Crippen LogP contribution is 2.39. The fourth-order valence-corrected chi connectivity index (χ4v) is 6.28. The van der Waals surface area contributed by atoms with E-state index in [0.29, 0.717) is 49.9 Å². The first-order chi connectivity index (χ1) is 15.4. The molecule has 1 saturated heterocycles. The number of rotatable bonds is 6. The summed E-state index contributed by atoms with van der Waals surface area (Å²) in [5, 5.41) is 0.109. The fraction of sp³-hybridized carbons (Fsp3) is 0.435. The summed E-state index contributed by atoms with van der Waals surface area (Å²) >= 11 is 6.24. The van der Waals surface area contributed by atoms with Crippen molar-refractivity contribution in [3.05, 3.63) is 52.5 Å². The first-order valence-electron chi connectivity index (χ1n) is 10.9. The molecule has 1 atom stereocenters. The normalized spacial score (nSPS) is 18.2. The molecule has 2 aliphatic rings. The van der Waals surface area contributed by atoms with Crippen LogP contribution >= 0.6 is 11.6 Å². The quantitative estimate of drug-likeness (QED) is 0.624. The van der Waals surface area contributed by atoms with Gasteiger partial charge in [0.2, 0.25) is 10.0 Å². The minimum atomic E-state index is -3.79. The van der Waals surface area contributed by atoms with Crippen LogP contribution in [0, 0.1) is 0 Å². The SMILES string of the molecule is CCN(CC)S(=O)(=O)c1cc(C(=O)N2CCCC2c2ccc3c(c2)OCCO3)ccc1Cl. The molecule has 32 heavy (non-hydrogen) atoms. The highest BCUT2D eigenvalue weighted by Gasteiger charge is 2.33. The monoisotopic (exact) mass is 478 g/mol. The number of amides is 1. The zero-order chi connectivity index (χ0) is 22.9. The second kappa shape index (κ2) is 9.29. The topological polar surface area (TPSA) is 76.2 Å². The van der Waals surface area contributed by atoms with Crippen molar-refractivity contribution < 1.29 is 22.7 Å². The van der Waals surface area contributed by atoms with Gasteiger partial charge in [-0.05, 0) is 48.7 Å². The van der Waals surface area contributed by atoms with E-state index in [0.717, 1.165) is 18.4 Å². The van der Waals surface area contributed by atoms with Crippen molar-refractivity contribution in [3.8, 4) is 11.5 Å². The molecule has 4 rings (SSSR count). The van der Waals surface area contributed by atoms with E-state index >= 15 is 0 Å². The molecule has 0 aromatic heterocycles. The van der Waals surface area contributed by atoms with E-state index in [1.165, 1.54) is 16.4 Å². The summed E-state index contributed by atoms with van der Waals surface area (Å²) in [6.07, 6.45) is 1.69. The minimum Gasteiger partial charge on any atom is -0.486 e. The lowest BCUT2D eigenvalue weighted by atomic mass is 10.0. The number of carbonyl (C=O) groups is 1. The van der Waals surface area contributed by atoms with Gasteiger partial charge in [-0.1, -0.05) is 31.5 Å². The standard InChI is InChI=1S/C23H27ClN2O5S/c1-3-25(4-2)32(28,29)22-15-17(7-9-18(22)24)23(27)26-11-5-6-19(26)16-8-10-20-21(14-16)31-13-12-30-20/h7-10,14-15,19H,3-6,11-13H2,1-2H3.